The van der Waals surface area contributed by atoms with Crippen LogP contribution in [0.4, 0.5) is 5.82 Å². The van der Waals surface area contributed by atoms with E-state index >= 15 is 0 Å². The molecule has 5 nitrogen and oxygen atoms in total. The summed E-state index contributed by atoms with van der Waals surface area (Å²) in [5.41, 5.74) is 4.15. The first-order chi connectivity index (χ1) is 10.1. The van der Waals surface area contributed by atoms with E-state index in [-0.39, 0.29) is 17.1 Å². The van der Waals surface area contributed by atoms with Crippen molar-refractivity contribution < 1.29 is 4.79 Å². The summed E-state index contributed by atoms with van der Waals surface area (Å²) in [6.07, 6.45) is 0.893. The van der Waals surface area contributed by atoms with Gasteiger partial charge in [0.2, 0.25) is 0 Å². The van der Waals surface area contributed by atoms with Crippen LogP contribution in [-0.2, 0) is 6.42 Å². The topological polar surface area (TPSA) is 71.2 Å². The van der Waals surface area contributed by atoms with Gasteiger partial charge in [0.1, 0.15) is 11.0 Å². The first kappa shape index (κ1) is 14.3. The van der Waals surface area contributed by atoms with Crippen LogP contribution >= 0.6 is 22.9 Å². The number of aromatic nitrogens is 1. The van der Waals surface area contributed by atoms with E-state index in [4.69, 9.17) is 17.4 Å². The number of nitrogens with one attached hydrogen (secondary N) is 1. The van der Waals surface area contributed by atoms with Gasteiger partial charge in [-0.25, -0.2) is 10.8 Å². The molecule has 1 aliphatic heterocycles. The molecule has 0 fully saturated rings. The van der Waals surface area contributed by atoms with Crippen LogP contribution in [-0.4, -0.2) is 22.3 Å². The standard InChI is InChI=1S/C14H15ClN4OS/c1-8-10-3-5-21-11(10)2-4-19(8)14(20)9-6-12(15)17-13(7-9)18-16/h3,5-8H,2,4,16H2,1H3,(H,17,18). The Balaban J connectivity index is 1.91. The molecule has 2 aromatic rings. The van der Waals surface area contributed by atoms with Crippen molar-refractivity contribution >= 4 is 34.7 Å². The van der Waals surface area contributed by atoms with E-state index in [1.807, 2.05) is 11.8 Å². The predicted molar refractivity (Wildman–Crippen MR) is 84.5 cm³/mol. The highest BCUT2D eigenvalue weighted by Gasteiger charge is 2.29. The summed E-state index contributed by atoms with van der Waals surface area (Å²) in [7, 11) is 0. The number of hydrogen-bond donors (Lipinski definition) is 2. The van der Waals surface area contributed by atoms with Crippen LogP contribution in [0, 0.1) is 0 Å². The summed E-state index contributed by atoms with van der Waals surface area (Å²) >= 11 is 7.69. The maximum absolute atomic E-state index is 12.7. The van der Waals surface area contributed by atoms with Gasteiger partial charge >= 0.3 is 0 Å². The molecule has 1 amide bonds. The Morgan fingerprint density at radius 3 is 3.14 bits per heavy atom. The third-order valence-corrected chi connectivity index (χ3v) is 4.92. The summed E-state index contributed by atoms with van der Waals surface area (Å²) in [5.74, 6) is 5.67. The van der Waals surface area contributed by atoms with Gasteiger partial charge in [-0.05, 0) is 42.5 Å². The molecule has 3 rings (SSSR count). The molecule has 1 aliphatic rings. The van der Waals surface area contributed by atoms with E-state index in [0.29, 0.717) is 17.9 Å². The maximum atomic E-state index is 12.7. The van der Waals surface area contributed by atoms with Gasteiger partial charge in [0.15, 0.2) is 0 Å². The average Bonchev–Trinajstić information content (AvgIpc) is 2.95. The van der Waals surface area contributed by atoms with Crippen LogP contribution in [0.2, 0.25) is 5.15 Å². The number of hydrogen-bond acceptors (Lipinski definition) is 5. The number of nitrogens with zero attached hydrogens (tertiary/aromatic N) is 2. The highest BCUT2D eigenvalue weighted by Crippen LogP contribution is 2.33. The third-order valence-electron chi connectivity index (χ3n) is 3.73. The number of fused-ring (bicyclic) bond motifs is 1. The molecule has 0 saturated carbocycles. The van der Waals surface area contributed by atoms with Crippen LogP contribution < -0.4 is 11.3 Å². The van der Waals surface area contributed by atoms with Gasteiger partial charge in [0, 0.05) is 17.0 Å². The van der Waals surface area contributed by atoms with E-state index in [1.54, 1.807) is 23.5 Å². The highest BCUT2D eigenvalue weighted by molar-refractivity contribution is 7.10. The lowest BCUT2D eigenvalue weighted by molar-refractivity contribution is 0.0679. The highest BCUT2D eigenvalue weighted by atomic mass is 35.5. The number of hydrazine groups is 1. The lowest BCUT2D eigenvalue weighted by Gasteiger charge is -2.33. The van der Waals surface area contributed by atoms with E-state index in [0.717, 1.165) is 6.42 Å². The van der Waals surface area contributed by atoms with Gasteiger partial charge in [-0.1, -0.05) is 11.6 Å². The largest absolute Gasteiger partial charge is 0.331 e. The van der Waals surface area contributed by atoms with Crippen LogP contribution in [0.1, 0.15) is 33.8 Å². The molecule has 2 aromatic heterocycles. The van der Waals surface area contributed by atoms with Gasteiger partial charge in [0.25, 0.3) is 5.91 Å². The average molecular weight is 323 g/mol. The van der Waals surface area contributed by atoms with Crippen LogP contribution in [0.25, 0.3) is 0 Å². The molecule has 0 aromatic carbocycles. The number of nitrogen functional groups attached to an aromatic ring is 1. The lowest BCUT2D eigenvalue weighted by Crippen LogP contribution is -2.38. The van der Waals surface area contributed by atoms with E-state index < -0.39 is 0 Å². The molecule has 0 radical (unpaired) electrons. The van der Waals surface area contributed by atoms with Crippen molar-refractivity contribution in [2.24, 2.45) is 5.84 Å². The van der Waals surface area contributed by atoms with Crippen molar-refractivity contribution in [3.05, 3.63) is 44.7 Å². The minimum Gasteiger partial charge on any atom is -0.331 e. The molecule has 0 aliphatic carbocycles. The number of amides is 1. The number of nitrogens with two attached hydrogens (primary N) is 1. The normalized spacial score (nSPS) is 17.5. The molecule has 3 N–H and O–H groups in total. The minimum atomic E-state index is -0.0554. The number of carbonyl (C=O) groups excluding carboxylic acids is 1. The Morgan fingerprint density at radius 2 is 2.38 bits per heavy atom. The summed E-state index contributed by atoms with van der Waals surface area (Å²) in [5, 5.41) is 2.32. The second-order valence-corrected chi connectivity index (χ2v) is 6.32. The molecule has 0 spiro atoms. The molecule has 1 unspecified atom stereocenters. The second kappa shape index (κ2) is 5.63. The Kier molecular flexibility index (Phi) is 3.84. The zero-order valence-corrected chi connectivity index (χ0v) is 13.0. The molecule has 21 heavy (non-hydrogen) atoms. The molecular formula is C14H15ClN4OS. The van der Waals surface area contributed by atoms with Crippen LogP contribution in [0.15, 0.2) is 23.6 Å². The van der Waals surface area contributed by atoms with Crippen molar-refractivity contribution in [2.45, 2.75) is 19.4 Å². The van der Waals surface area contributed by atoms with Crippen molar-refractivity contribution in [1.82, 2.24) is 9.88 Å². The smallest absolute Gasteiger partial charge is 0.254 e. The van der Waals surface area contributed by atoms with Crippen LogP contribution in [0.5, 0.6) is 0 Å². The fourth-order valence-corrected chi connectivity index (χ4v) is 3.82. The van der Waals surface area contributed by atoms with Gasteiger partial charge in [-0.15, -0.1) is 11.3 Å². The fraction of sp³-hybridized carbons (Fsp3) is 0.286. The zero-order valence-electron chi connectivity index (χ0n) is 11.5. The van der Waals surface area contributed by atoms with Gasteiger partial charge in [-0.2, -0.15) is 0 Å². The second-order valence-electron chi connectivity index (χ2n) is 4.93. The van der Waals surface area contributed by atoms with Crippen LogP contribution in [0.3, 0.4) is 0 Å². The van der Waals surface area contributed by atoms with E-state index in [1.165, 1.54) is 10.4 Å². The zero-order chi connectivity index (χ0) is 15.0. The van der Waals surface area contributed by atoms with Gasteiger partial charge < -0.3 is 10.3 Å². The van der Waals surface area contributed by atoms with Crippen molar-refractivity contribution in [3.8, 4) is 0 Å². The van der Waals surface area contributed by atoms with Gasteiger partial charge in [0.05, 0.1) is 6.04 Å². The number of thiophene rings is 1. The first-order valence-electron chi connectivity index (χ1n) is 6.61. The Hall–Kier alpha value is -1.63. The molecule has 7 heteroatoms. The van der Waals surface area contributed by atoms with Gasteiger partial charge in [-0.3, -0.25) is 4.79 Å². The number of carbonyl (C=O) groups is 1. The Labute approximate surface area is 131 Å². The molecule has 0 bridgehead atoms. The lowest BCUT2D eigenvalue weighted by atomic mass is 10.0. The number of pyridine rings is 1. The Bertz CT molecular complexity index is 687. The van der Waals surface area contributed by atoms with Crippen molar-refractivity contribution in [3.63, 3.8) is 0 Å². The third kappa shape index (κ3) is 2.62. The monoisotopic (exact) mass is 322 g/mol. The fourth-order valence-electron chi connectivity index (χ4n) is 2.65. The molecule has 1 atom stereocenters. The van der Waals surface area contributed by atoms with E-state index in [2.05, 4.69) is 21.9 Å². The quantitative estimate of drug-likeness (QED) is 0.506. The molecular weight excluding hydrogens is 308 g/mol. The number of anilines is 1. The molecule has 110 valence electrons. The maximum Gasteiger partial charge on any atom is 0.254 e. The molecule has 0 saturated heterocycles. The first-order valence-corrected chi connectivity index (χ1v) is 7.87. The summed E-state index contributed by atoms with van der Waals surface area (Å²) < 4.78 is 0. The summed E-state index contributed by atoms with van der Waals surface area (Å²) in [6, 6.07) is 5.34. The summed E-state index contributed by atoms with van der Waals surface area (Å²) in [6.45, 7) is 2.76. The van der Waals surface area contributed by atoms with E-state index in [9.17, 15) is 4.79 Å². The SMILES string of the molecule is CC1c2ccsc2CCN1C(=O)c1cc(Cl)nc(NN)c1. The molecule has 3 heterocycles. The summed E-state index contributed by atoms with van der Waals surface area (Å²) in [4.78, 5) is 19.9. The predicted octanol–water partition coefficient (Wildman–Crippen LogP) is 2.84. The minimum absolute atomic E-state index is 0.0554. The number of halogens is 1. The van der Waals surface area contributed by atoms with Crippen molar-refractivity contribution in [1.29, 1.82) is 0 Å². The number of rotatable bonds is 2. The van der Waals surface area contributed by atoms with Crippen molar-refractivity contribution in [2.75, 3.05) is 12.0 Å². The Morgan fingerprint density at radius 1 is 1.57 bits per heavy atom.